The number of fused-ring (bicyclic) bond motifs is 1. The van der Waals surface area contributed by atoms with E-state index in [4.69, 9.17) is 10.5 Å². The minimum absolute atomic E-state index is 0.0532. The molecule has 0 radical (unpaired) electrons. The minimum Gasteiger partial charge on any atom is -0.611 e. The second-order valence-electron chi connectivity index (χ2n) is 7.13. The molecule has 0 bridgehead atoms. The molecule has 1 aromatic carbocycles. The Hall–Kier alpha value is -2.23. The summed E-state index contributed by atoms with van der Waals surface area (Å²) in [6, 6.07) is 3.15. The van der Waals surface area contributed by atoms with Gasteiger partial charge >= 0.3 is 0 Å². The first-order chi connectivity index (χ1) is 14.4. The maximum atomic E-state index is 13.8. The fourth-order valence-electron chi connectivity index (χ4n) is 3.44. The molecule has 0 saturated heterocycles. The lowest BCUT2D eigenvalue weighted by Gasteiger charge is -2.12. The van der Waals surface area contributed by atoms with E-state index in [1.54, 1.807) is 13.3 Å². The molecule has 30 heavy (non-hydrogen) atoms. The van der Waals surface area contributed by atoms with Crippen LogP contribution >= 0.6 is 0 Å². The van der Waals surface area contributed by atoms with Gasteiger partial charge < -0.3 is 19.6 Å². The molecule has 2 N–H and O–H groups in total. The Morgan fingerprint density at radius 3 is 2.77 bits per heavy atom. The molecule has 0 aliphatic rings. The normalized spacial score (nSPS) is 12.6. The van der Waals surface area contributed by atoms with Crippen molar-refractivity contribution < 1.29 is 18.1 Å². The standard InChI is InChI=1S/C21H26F2N4O2S/c1-14-13-25-21(24)19-20(14)27(18(26-19)8-10-29-2)9-4-3-5-11-30(28)17-7-6-15(22)12-16(17)23/h6-7,12-13H,3-5,8-11H2,1-2H3,(H2,24,25). The summed E-state index contributed by atoms with van der Waals surface area (Å²) >= 11 is -1.48. The predicted octanol–water partition coefficient (Wildman–Crippen LogP) is 3.77. The second-order valence-corrected chi connectivity index (χ2v) is 8.67. The molecule has 1 atom stereocenters. The molecule has 0 fully saturated rings. The Balaban J connectivity index is 1.62. The number of benzene rings is 1. The number of anilines is 1. The number of hydrogen-bond acceptors (Lipinski definition) is 5. The van der Waals surface area contributed by atoms with Crippen LogP contribution in [0.25, 0.3) is 11.0 Å². The number of aryl methyl sites for hydroxylation is 2. The van der Waals surface area contributed by atoms with Gasteiger partial charge in [-0.15, -0.1) is 0 Å². The van der Waals surface area contributed by atoms with Crippen LogP contribution in [0, 0.1) is 18.6 Å². The van der Waals surface area contributed by atoms with Crippen LogP contribution < -0.4 is 5.73 Å². The average Bonchev–Trinajstić information content (AvgIpc) is 3.08. The number of nitrogens with two attached hydrogens (primary N) is 1. The lowest BCUT2D eigenvalue weighted by atomic mass is 10.2. The topological polar surface area (TPSA) is 89.0 Å². The number of ether oxygens (including phenoxy) is 1. The molecular formula is C21H26F2N4O2S. The molecule has 3 aromatic rings. The van der Waals surface area contributed by atoms with Crippen molar-refractivity contribution in [3.05, 3.63) is 47.4 Å². The monoisotopic (exact) mass is 436 g/mol. The SMILES string of the molecule is COCCc1nc2c(N)ncc(C)c2n1CCCCC[S+]([O-])c1ccc(F)cc1F. The zero-order chi connectivity index (χ0) is 21.7. The summed E-state index contributed by atoms with van der Waals surface area (Å²) in [5.41, 5.74) is 8.70. The van der Waals surface area contributed by atoms with Gasteiger partial charge in [-0.3, -0.25) is 0 Å². The summed E-state index contributed by atoms with van der Waals surface area (Å²) in [6.07, 6.45) is 4.74. The minimum atomic E-state index is -1.48. The molecular weight excluding hydrogens is 410 g/mol. The van der Waals surface area contributed by atoms with Crippen LogP contribution in [0.1, 0.15) is 30.7 Å². The molecule has 162 valence electrons. The summed E-state index contributed by atoms with van der Waals surface area (Å²) in [6.45, 7) is 3.27. The number of rotatable bonds is 10. The third-order valence-corrected chi connectivity index (χ3v) is 6.42. The lowest BCUT2D eigenvalue weighted by Crippen LogP contribution is -2.10. The molecule has 2 heterocycles. The van der Waals surface area contributed by atoms with Crippen molar-refractivity contribution in [1.29, 1.82) is 0 Å². The van der Waals surface area contributed by atoms with Gasteiger partial charge in [-0.05, 0) is 55.1 Å². The Bertz CT molecular complexity index is 1010. The number of methoxy groups -OCH3 is 1. The van der Waals surface area contributed by atoms with Crippen LogP contribution in [0.4, 0.5) is 14.6 Å². The van der Waals surface area contributed by atoms with Gasteiger partial charge in [0.2, 0.25) is 0 Å². The highest BCUT2D eigenvalue weighted by atomic mass is 32.2. The van der Waals surface area contributed by atoms with Crippen molar-refractivity contribution in [2.24, 2.45) is 0 Å². The van der Waals surface area contributed by atoms with Gasteiger partial charge in [0.05, 0.1) is 12.1 Å². The summed E-state index contributed by atoms with van der Waals surface area (Å²) in [5, 5.41) is 0. The van der Waals surface area contributed by atoms with E-state index in [0.29, 0.717) is 36.5 Å². The molecule has 2 aromatic heterocycles. The van der Waals surface area contributed by atoms with Crippen LogP contribution in [-0.4, -0.2) is 38.6 Å². The van der Waals surface area contributed by atoms with E-state index in [1.807, 2.05) is 6.92 Å². The summed E-state index contributed by atoms with van der Waals surface area (Å²) < 4.78 is 46.4. The van der Waals surface area contributed by atoms with Crippen molar-refractivity contribution in [3.8, 4) is 0 Å². The van der Waals surface area contributed by atoms with E-state index in [9.17, 15) is 13.3 Å². The molecule has 3 rings (SSSR count). The quantitative estimate of drug-likeness (QED) is 0.386. The molecule has 0 aliphatic carbocycles. The van der Waals surface area contributed by atoms with Crippen LogP contribution in [0.2, 0.25) is 0 Å². The largest absolute Gasteiger partial charge is 0.611 e. The number of halogens is 2. The van der Waals surface area contributed by atoms with Crippen molar-refractivity contribution in [3.63, 3.8) is 0 Å². The second kappa shape index (κ2) is 10.2. The fraction of sp³-hybridized carbons (Fsp3) is 0.429. The first-order valence-corrected chi connectivity index (χ1v) is 11.2. The zero-order valence-electron chi connectivity index (χ0n) is 17.2. The summed E-state index contributed by atoms with van der Waals surface area (Å²) in [7, 11) is 1.65. The van der Waals surface area contributed by atoms with Crippen molar-refractivity contribution in [1.82, 2.24) is 14.5 Å². The third-order valence-electron chi connectivity index (χ3n) is 4.94. The van der Waals surface area contributed by atoms with Crippen LogP contribution in [-0.2, 0) is 28.9 Å². The predicted molar refractivity (Wildman–Crippen MR) is 114 cm³/mol. The maximum Gasteiger partial charge on any atom is 0.188 e. The molecule has 6 nitrogen and oxygen atoms in total. The molecule has 1 unspecified atom stereocenters. The number of nitrogens with zero attached hydrogens (tertiary/aromatic N) is 3. The van der Waals surface area contributed by atoms with Crippen molar-refractivity contribution >= 4 is 28.0 Å². The van der Waals surface area contributed by atoms with Crippen LogP contribution in [0.5, 0.6) is 0 Å². The summed E-state index contributed by atoms with van der Waals surface area (Å²) in [5.74, 6) is 0.204. The van der Waals surface area contributed by atoms with Gasteiger partial charge in [-0.2, -0.15) is 0 Å². The van der Waals surface area contributed by atoms with Gasteiger partial charge in [0, 0.05) is 32.3 Å². The zero-order valence-corrected chi connectivity index (χ0v) is 18.0. The Morgan fingerprint density at radius 1 is 1.23 bits per heavy atom. The number of imidazole rings is 1. The van der Waals surface area contributed by atoms with Gasteiger partial charge in [-0.25, -0.2) is 18.7 Å². The first kappa shape index (κ1) is 22.5. The highest BCUT2D eigenvalue weighted by Crippen LogP contribution is 2.25. The van der Waals surface area contributed by atoms with Gasteiger partial charge in [0.15, 0.2) is 16.5 Å². The van der Waals surface area contributed by atoms with Crippen LogP contribution in [0.3, 0.4) is 0 Å². The Labute approximate surface area is 177 Å². The van der Waals surface area contributed by atoms with E-state index >= 15 is 0 Å². The number of aromatic nitrogens is 3. The van der Waals surface area contributed by atoms with Crippen molar-refractivity contribution in [2.45, 2.75) is 44.0 Å². The highest BCUT2D eigenvalue weighted by molar-refractivity contribution is 7.91. The molecule has 0 aliphatic heterocycles. The fourth-order valence-corrected chi connectivity index (χ4v) is 4.62. The molecule has 0 spiro atoms. The molecule has 0 saturated carbocycles. The number of hydrogen-bond donors (Lipinski definition) is 1. The first-order valence-electron chi connectivity index (χ1n) is 9.85. The highest BCUT2D eigenvalue weighted by Gasteiger charge is 2.18. The number of nitrogen functional groups attached to an aromatic ring is 1. The van der Waals surface area contributed by atoms with Gasteiger partial charge in [0.25, 0.3) is 0 Å². The van der Waals surface area contributed by atoms with E-state index in [1.165, 1.54) is 6.07 Å². The van der Waals surface area contributed by atoms with E-state index < -0.39 is 22.8 Å². The molecule has 0 amide bonds. The molecule has 9 heteroatoms. The van der Waals surface area contributed by atoms with Crippen LogP contribution in [0.15, 0.2) is 29.3 Å². The van der Waals surface area contributed by atoms with E-state index in [0.717, 1.165) is 48.4 Å². The number of unbranched alkanes of at least 4 members (excludes halogenated alkanes) is 2. The number of pyridine rings is 1. The average molecular weight is 437 g/mol. The van der Waals surface area contributed by atoms with E-state index in [2.05, 4.69) is 14.5 Å². The third kappa shape index (κ3) is 5.08. The van der Waals surface area contributed by atoms with Crippen molar-refractivity contribution in [2.75, 3.05) is 25.2 Å². The Kier molecular flexibility index (Phi) is 7.63. The van der Waals surface area contributed by atoms with Gasteiger partial charge in [-0.1, -0.05) is 0 Å². The smallest absolute Gasteiger partial charge is 0.188 e. The lowest BCUT2D eigenvalue weighted by molar-refractivity contribution is 0.199. The summed E-state index contributed by atoms with van der Waals surface area (Å²) in [4.78, 5) is 8.92. The maximum absolute atomic E-state index is 13.8. The van der Waals surface area contributed by atoms with E-state index in [-0.39, 0.29) is 4.90 Å². The Morgan fingerprint density at radius 2 is 2.03 bits per heavy atom. The van der Waals surface area contributed by atoms with Gasteiger partial charge in [0.1, 0.15) is 22.9 Å².